The molecule has 3 nitrogen and oxygen atoms in total. The quantitative estimate of drug-likeness (QED) is 0.560. The van der Waals surface area contributed by atoms with Gasteiger partial charge in [0.1, 0.15) is 0 Å². The van der Waals surface area contributed by atoms with Crippen molar-refractivity contribution >= 4 is 17.9 Å². The number of allylic oxidation sites excluding steroid dienone is 4. The second kappa shape index (κ2) is 9.22. The summed E-state index contributed by atoms with van der Waals surface area (Å²) in [5.74, 6) is 0.475. The Morgan fingerprint density at radius 1 is 1.14 bits per heavy atom. The summed E-state index contributed by atoms with van der Waals surface area (Å²) < 4.78 is 11.2. The minimum atomic E-state index is -0.929. The predicted molar refractivity (Wildman–Crippen MR) is 81.7 cm³/mol. The van der Waals surface area contributed by atoms with Crippen LogP contribution in [0.5, 0.6) is 5.75 Å². The zero-order valence-electron chi connectivity index (χ0n) is 12.4. The molecule has 0 N–H and O–H groups in total. The van der Waals surface area contributed by atoms with Crippen LogP contribution in [-0.4, -0.2) is 11.8 Å². The molecule has 1 aliphatic rings. The number of carbonyl (C=O) groups is 1. The van der Waals surface area contributed by atoms with Gasteiger partial charge in [-0.25, -0.2) is 0 Å². The van der Waals surface area contributed by atoms with Crippen LogP contribution in [0.15, 0.2) is 48.6 Å². The average molecular weight is 386 g/mol. The molecule has 0 heterocycles. The Morgan fingerprint density at radius 3 is 2.10 bits per heavy atom. The summed E-state index contributed by atoms with van der Waals surface area (Å²) in [6, 6.07) is 7.20. The van der Waals surface area contributed by atoms with E-state index in [1.165, 1.54) is 0 Å². The van der Waals surface area contributed by atoms with Gasteiger partial charge in [0.2, 0.25) is 0 Å². The second-order valence-corrected chi connectivity index (χ2v) is 8.28. The maximum atomic E-state index is 11.3. The van der Waals surface area contributed by atoms with E-state index < -0.39 is 33.8 Å². The molecule has 0 aliphatic heterocycles. The summed E-state index contributed by atoms with van der Waals surface area (Å²) in [6.07, 6.45) is 8.81. The predicted octanol–water partition coefficient (Wildman–Crippen LogP) is 4.36. The van der Waals surface area contributed by atoms with Gasteiger partial charge in [0.25, 0.3) is 0 Å². The van der Waals surface area contributed by atoms with Gasteiger partial charge in [-0.05, 0) is 6.42 Å². The van der Waals surface area contributed by atoms with Gasteiger partial charge in [-0.3, -0.25) is 0 Å². The number of hydrogen-bond donors (Lipinski definition) is 0. The summed E-state index contributed by atoms with van der Waals surface area (Å²) in [5.41, 5.74) is -0.540. The van der Waals surface area contributed by atoms with Crippen LogP contribution >= 0.6 is 8.51 Å². The van der Waals surface area contributed by atoms with E-state index in [1.807, 2.05) is 12.1 Å². The van der Waals surface area contributed by atoms with E-state index in [4.69, 9.17) is 18.0 Å². The molecule has 5 heteroatoms. The maximum absolute atomic E-state index is 11.3. The number of halogens is 1. The van der Waals surface area contributed by atoms with E-state index >= 15 is 0 Å². The summed E-state index contributed by atoms with van der Waals surface area (Å²) in [4.78, 5) is 11.3. The van der Waals surface area contributed by atoms with Crippen LogP contribution < -0.4 is 8.01 Å². The molecule has 2 rings (SSSR count). The number of carbonyl (C=O) groups excluding carboxylic acids is 1. The second-order valence-electron chi connectivity index (χ2n) is 5.28. The molecule has 112 valence electrons. The van der Waals surface area contributed by atoms with Crippen molar-refractivity contribution in [2.75, 3.05) is 0 Å². The van der Waals surface area contributed by atoms with Crippen molar-refractivity contribution in [2.45, 2.75) is 32.8 Å². The Balaban J connectivity index is 0.000000369. The zero-order valence-corrected chi connectivity index (χ0v) is 15.6. The molecule has 0 amide bonds. The fraction of sp³-hybridized carbons (Fsp3) is 0.312. The van der Waals surface area contributed by atoms with Crippen molar-refractivity contribution < 1.29 is 36.3 Å². The Labute approximate surface area is 141 Å². The van der Waals surface area contributed by atoms with Crippen LogP contribution in [0, 0.1) is 0 Å². The number of ether oxygens (including phenoxy) is 2. The number of hydrogen-bond acceptors (Lipinski definition) is 3. The molecule has 1 aromatic carbocycles. The molecule has 0 saturated heterocycles. The van der Waals surface area contributed by atoms with Gasteiger partial charge in [0.05, 0.1) is 0 Å². The zero-order chi connectivity index (χ0) is 15.7. The van der Waals surface area contributed by atoms with Crippen molar-refractivity contribution in [2.24, 2.45) is 0 Å². The van der Waals surface area contributed by atoms with E-state index in [0.29, 0.717) is 5.75 Å². The minimum absolute atomic E-state index is 0.475. The van der Waals surface area contributed by atoms with Crippen LogP contribution in [0.25, 0.3) is 0 Å². The van der Waals surface area contributed by atoms with Crippen molar-refractivity contribution in [1.82, 2.24) is 0 Å². The van der Waals surface area contributed by atoms with Gasteiger partial charge in [0, 0.05) is 0 Å². The van der Waals surface area contributed by atoms with Gasteiger partial charge < -0.3 is 0 Å². The van der Waals surface area contributed by atoms with Crippen molar-refractivity contribution in [3.05, 3.63) is 48.6 Å². The standard InChI is InChI=1S/C11H13O3.C5H6.ClH.Zr/c1-11(2,3)14-10(12)13-9-7-5-4-6-8-9;1-2-4-5-3-1;;/h5-8H,1-3H3;1-4H,5H2;1H;/q;;;+1/p-1. The Hall–Kier alpha value is -0.857. The fourth-order valence-electron chi connectivity index (χ4n) is 1.35. The van der Waals surface area contributed by atoms with E-state index in [1.54, 1.807) is 32.9 Å². The Kier molecular flexibility index (Phi) is 7.99. The molecular formula is C16H19ClO3Zr. The monoisotopic (exact) mass is 384 g/mol. The van der Waals surface area contributed by atoms with E-state index in [2.05, 4.69) is 24.3 Å². The molecule has 0 unspecified atom stereocenters. The molecule has 1 aliphatic carbocycles. The third-order valence-corrected chi connectivity index (χ3v) is 4.86. The molecule has 0 aromatic heterocycles. The normalized spacial score (nSPS) is 12.4. The van der Waals surface area contributed by atoms with Crippen LogP contribution in [-0.2, 0) is 26.8 Å². The van der Waals surface area contributed by atoms with E-state index in [-0.39, 0.29) is 0 Å². The van der Waals surface area contributed by atoms with Gasteiger partial charge in [-0.2, -0.15) is 0 Å². The van der Waals surface area contributed by atoms with Crippen LogP contribution in [0.4, 0.5) is 4.79 Å². The average Bonchev–Trinajstić information content (AvgIpc) is 2.96. The number of rotatable bonds is 2. The first-order valence-corrected chi connectivity index (χ1v) is 11.0. The molecule has 0 spiro atoms. The summed E-state index contributed by atoms with van der Waals surface area (Å²) in [7, 11) is 5.81. The first kappa shape index (κ1) is 18.2. The van der Waals surface area contributed by atoms with Crippen LogP contribution in [0.3, 0.4) is 0 Å². The number of benzene rings is 1. The molecule has 0 saturated carbocycles. The topological polar surface area (TPSA) is 35.5 Å². The third kappa shape index (κ3) is 8.90. The SMILES string of the molecule is C1=CCC=C1.CC(C)(C)OC(=O)Oc1cc[c]([Zr][Cl])cc1. The van der Waals surface area contributed by atoms with Crippen molar-refractivity contribution in [3.8, 4) is 5.75 Å². The third-order valence-electron chi connectivity index (χ3n) is 2.21. The van der Waals surface area contributed by atoms with Crippen molar-refractivity contribution in [1.29, 1.82) is 0 Å². The molecule has 0 fully saturated rings. The van der Waals surface area contributed by atoms with Gasteiger partial charge in [-0.1, -0.05) is 24.3 Å². The summed E-state index contributed by atoms with van der Waals surface area (Å²) in [5, 5.41) is 0. The first-order chi connectivity index (χ1) is 9.90. The fourth-order valence-corrected chi connectivity index (χ4v) is 2.81. The molecule has 1 aromatic rings. The Morgan fingerprint density at radius 2 is 1.71 bits per heavy atom. The summed E-state index contributed by atoms with van der Waals surface area (Å²) in [6.45, 7) is 5.37. The van der Waals surface area contributed by atoms with E-state index in [9.17, 15) is 4.79 Å². The van der Waals surface area contributed by atoms with Crippen LogP contribution in [0.2, 0.25) is 0 Å². The molecule has 0 radical (unpaired) electrons. The molecule has 0 atom stereocenters. The van der Waals surface area contributed by atoms with Gasteiger partial charge >= 0.3 is 111 Å². The first-order valence-electron chi connectivity index (χ1n) is 6.60. The van der Waals surface area contributed by atoms with E-state index in [0.717, 1.165) is 9.69 Å². The van der Waals surface area contributed by atoms with Gasteiger partial charge in [-0.15, -0.1) is 0 Å². The van der Waals surface area contributed by atoms with Crippen LogP contribution in [0.1, 0.15) is 27.2 Å². The summed E-state index contributed by atoms with van der Waals surface area (Å²) >= 11 is -0.929. The van der Waals surface area contributed by atoms with Gasteiger partial charge in [0.15, 0.2) is 0 Å². The molecular weight excluding hydrogens is 367 g/mol. The Bertz CT molecular complexity index is 491. The molecule has 21 heavy (non-hydrogen) atoms. The van der Waals surface area contributed by atoms with Crippen molar-refractivity contribution in [3.63, 3.8) is 0 Å². The molecule has 0 bridgehead atoms.